The van der Waals surface area contributed by atoms with E-state index in [1.807, 2.05) is 41.5 Å². The first kappa shape index (κ1) is 37.6. The Bertz CT molecular complexity index is 1980. The molecule has 0 amide bonds. The van der Waals surface area contributed by atoms with Crippen LogP contribution in [0.3, 0.4) is 0 Å². The number of carbonyl (C=O) groups is 1. The summed E-state index contributed by atoms with van der Waals surface area (Å²) in [6.45, 7) is 19.4. The van der Waals surface area contributed by atoms with Crippen molar-refractivity contribution in [3.63, 3.8) is 0 Å². The van der Waals surface area contributed by atoms with Gasteiger partial charge in [0.15, 0.2) is 11.7 Å². The number of carbonyl (C=O) groups excluding carboxylic acids is 1. The molecule has 0 saturated carbocycles. The number of furan rings is 1. The van der Waals surface area contributed by atoms with Crippen molar-refractivity contribution in [3.8, 4) is 0 Å². The molecule has 0 unspecified atom stereocenters. The zero-order valence-corrected chi connectivity index (χ0v) is 33.0. The monoisotopic (exact) mass is 842 g/mol. The summed E-state index contributed by atoms with van der Waals surface area (Å²) in [6.07, 6.45) is 4.75. The Morgan fingerprint density at radius 2 is 1.60 bits per heavy atom. The van der Waals surface area contributed by atoms with E-state index in [2.05, 4.69) is 86.1 Å². The zero-order valence-electron chi connectivity index (χ0n) is 29.8. The molecule has 1 aliphatic heterocycles. The number of ketones is 1. The fraction of sp³-hybridized carbons (Fsp3) is 0.415. The largest absolute Gasteiger partial charge is 0.512 e. The summed E-state index contributed by atoms with van der Waals surface area (Å²) in [5.74, 6) is 1.08. The van der Waals surface area contributed by atoms with Crippen molar-refractivity contribution in [2.24, 2.45) is 15.8 Å². The third-order valence-electron chi connectivity index (χ3n) is 10.4. The minimum atomic E-state index is -0.337. The van der Waals surface area contributed by atoms with E-state index >= 15 is 0 Å². The van der Waals surface area contributed by atoms with Crippen LogP contribution in [0, 0.1) is 16.9 Å². The molecule has 5 aromatic rings. The van der Waals surface area contributed by atoms with Crippen molar-refractivity contribution >= 4 is 60.5 Å². The summed E-state index contributed by atoms with van der Waals surface area (Å²) in [5.41, 5.74) is 4.66. The summed E-state index contributed by atoms with van der Waals surface area (Å²) in [5, 5.41) is 20.2. The van der Waals surface area contributed by atoms with E-state index in [9.17, 15) is 9.90 Å². The number of aliphatic hydroxyl groups excluding tert-OH is 1. The van der Waals surface area contributed by atoms with Crippen molar-refractivity contribution in [3.05, 3.63) is 88.5 Å². The van der Waals surface area contributed by atoms with Crippen LogP contribution < -0.4 is 5.32 Å². The number of benzene rings is 3. The first-order valence-corrected chi connectivity index (χ1v) is 17.8. The quantitative estimate of drug-likeness (QED) is 0.0927. The molecule has 7 heteroatoms. The van der Waals surface area contributed by atoms with Gasteiger partial charge in [-0.05, 0) is 54.7 Å². The Morgan fingerprint density at radius 3 is 2.25 bits per heavy atom. The minimum absolute atomic E-state index is 0. The topological polar surface area (TPSA) is 74.8 Å². The van der Waals surface area contributed by atoms with Gasteiger partial charge < -0.3 is 19.8 Å². The van der Waals surface area contributed by atoms with Crippen LogP contribution in [0.15, 0.2) is 75.2 Å². The van der Waals surface area contributed by atoms with Gasteiger partial charge >= 0.3 is 0 Å². The fourth-order valence-corrected chi connectivity index (χ4v) is 6.90. The van der Waals surface area contributed by atoms with Crippen LogP contribution in [0.4, 0.5) is 5.88 Å². The summed E-state index contributed by atoms with van der Waals surface area (Å²) in [7, 11) is 0. The molecule has 257 valence electrons. The van der Waals surface area contributed by atoms with Crippen molar-refractivity contribution in [2.45, 2.75) is 93.4 Å². The summed E-state index contributed by atoms with van der Waals surface area (Å²) >= 11 is 1.73. The standard InChI is InChI=1S/C26H21N2OS.C15H28O2.Ir/c1-26(2,3)20-13-16(12-15-6-4-5-7-17(15)20)23-22-19-8-9-21-18(10-11-30-21)24(19)29-25(22)28-14-27-23;1-7-14(5,8-2)12(16)11-13(17)15(6,9-3)10-4;/h4-11,13,28H,14H2,1-3H3;11,16H,7-10H2,1-6H3;/q-1;;/b;12-11-;. The normalized spacial score (nSPS) is 13.8. The Morgan fingerprint density at radius 1 is 0.938 bits per heavy atom. The molecular formula is C41H49IrN2O3S-. The number of nitrogens with one attached hydrogen (secondary N) is 1. The number of aliphatic hydroxyl groups is 1. The maximum absolute atomic E-state index is 12.2. The second-order valence-electron chi connectivity index (χ2n) is 14.2. The van der Waals surface area contributed by atoms with E-state index in [0.29, 0.717) is 6.67 Å². The van der Waals surface area contributed by atoms with E-state index in [4.69, 9.17) is 9.41 Å². The van der Waals surface area contributed by atoms with E-state index in [0.717, 1.165) is 70.1 Å². The van der Waals surface area contributed by atoms with Gasteiger partial charge in [-0.15, -0.1) is 40.5 Å². The summed E-state index contributed by atoms with van der Waals surface area (Å²) in [4.78, 5) is 17.1. The van der Waals surface area contributed by atoms with Crippen molar-refractivity contribution in [1.29, 1.82) is 0 Å². The second-order valence-corrected chi connectivity index (χ2v) is 15.2. The molecule has 2 N–H and O–H groups in total. The number of nitrogens with zero attached hydrogens (tertiary/aromatic N) is 1. The molecule has 0 atom stereocenters. The van der Waals surface area contributed by atoms with Gasteiger partial charge in [0.1, 0.15) is 18.0 Å². The molecule has 0 saturated heterocycles. The molecule has 2 aromatic heterocycles. The third kappa shape index (κ3) is 7.06. The Hall–Kier alpha value is -3.25. The van der Waals surface area contributed by atoms with Gasteiger partial charge in [-0.3, -0.25) is 4.79 Å². The third-order valence-corrected chi connectivity index (χ3v) is 11.3. The van der Waals surface area contributed by atoms with Crippen LogP contribution in [0.5, 0.6) is 0 Å². The van der Waals surface area contributed by atoms with Crippen molar-refractivity contribution in [2.75, 3.05) is 12.0 Å². The van der Waals surface area contributed by atoms with E-state index in [-0.39, 0.29) is 47.9 Å². The number of rotatable bonds is 8. The average molecular weight is 842 g/mol. The van der Waals surface area contributed by atoms with Crippen LogP contribution in [0.25, 0.3) is 31.8 Å². The molecule has 3 heterocycles. The zero-order chi connectivity index (χ0) is 34.1. The first-order valence-electron chi connectivity index (χ1n) is 16.9. The molecule has 1 radical (unpaired) electrons. The predicted molar refractivity (Wildman–Crippen MR) is 200 cm³/mol. The molecule has 48 heavy (non-hydrogen) atoms. The fourth-order valence-electron chi connectivity index (χ4n) is 6.11. The van der Waals surface area contributed by atoms with Gasteiger partial charge in [-0.2, -0.15) is 0 Å². The molecule has 1 aliphatic rings. The number of aliphatic imine (C=N–C) groups is 1. The molecule has 0 spiro atoms. The number of allylic oxidation sites excluding steroid dienone is 2. The van der Waals surface area contributed by atoms with Crippen LogP contribution in [0.1, 0.15) is 105 Å². The van der Waals surface area contributed by atoms with Gasteiger partial charge in [0, 0.05) is 63.8 Å². The number of hydrogen-bond donors (Lipinski definition) is 2. The van der Waals surface area contributed by atoms with Crippen LogP contribution >= 0.6 is 11.3 Å². The Labute approximate surface area is 303 Å². The summed E-state index contributed by atoms with van der Waals surface area (Å²) < 4.78 is 7.54. The SMILES string of the molecule is CC(C)(C)c1cc(C2=NCNc3oc4c(ccc5sccc54)c32)[c-]c2ccccc12.CCC(C)(CC)C(=O)/C=C(\O)C(C)(CC)CC.[Ir]. The van der Waals surface area contributed by atoms with E-state index in [1.165, 1.54) is 21.7 Å². The molecule has 5 nitrogen and oxygen atoms in total. The maximum Gasteiger partial charge on any atom is 0.197 e. The number of thiophene rings is 1. The van der Waals surface area contributed by atoms with Crippen LogP contribution in [-0.4, -0.2) is 23.3 Å². The van der Waals surface area contributed by atoms with Gasteiger partial charge in [0.2, 0.25) is 0 Å². The Kier molecular flexibility index (Phi) is 11.5. The van der Waals surface area contributed by atoms with Gasteiger partial charge in [-0.1, -0.05) is 91.5 Å². The van der Waals surface area contributed by atoms with Crippen LogP contribution in [0.2, 0.25) is 0 Å². The van der Waals surface area contributed by atoms with Gasteiger partial charge in [0.05, 0.1) is 0 Å². The molecule has 0 fully saturated rings. The average Bonchev–Trinajstić information content (AvgIpc) is 3.71. The Balaban J connectivity index is 0.000000251. The number of fused-ring (bicyclic) bond motifs is 6. The molecule has 6 rings (SSSR count). The predicted octanol–water partition coefficient (Wildman–Crippen LogP) is 11.8. The van der Waals surface area contributed by atoms with Gasteiger partial charge in [-0.25, -0.2) is 0 Å². The summed E-state index contributed by atoms with van der Waals surface area (Å²) in [6, 6.07) is 20.9. The molecule has 0 bridgehead atoms. The molecular weight excluding hydrogens is 793 g/mol. The van der Waals surface area contributed by atoms with E-state index in [1.54, 1.807) is 11.3 Å². The maximum atomic E-state index is 12.2. The second kappa shape index (κ2) is 14.7. The number of anilines is 1. The number of hydrogen-bond acceptors (Lipinski definition) is 6. The minimum Gasteiger partial charge on any atom is -0.512 e. The molecule has 3 aromatic carbocycles. The smallest absolute Gasteiger partial charge is 0.197 e. The van der Waals surface area contributed by atoms with Gasteiger partial charge in [0.25, 0.3) is 0 Å². The van der Waals surface area contributed by atoms with Crippen molar-refractivity contribution in [1.82, 2.24) is 0 Å². The van der Waals surface area contributed by atoms with Crippen molar-refractivity contribution < 1.29 is 34.4 Å². The van der Waals surface area contributed by atoms with Crippen LogP contribution in [-0.2, 0) is 30.3 Å². The molecule has 0 aliphatic carbocycles. The first-order chi connectivity index (χ1) is 22.3. The van der Waals surface area contributed by atoms with E-state index < -0.39 is 0 Å².